The predicted molar refractivity (Wildman–Crippen MR) is 77.6 cm³/mol. The number of para-hydroxylation sites is 2. The second kappa shape index (κ2) is 5.58. The largest absolute Gasteiger partial charge is 0.397 e. The third kappa shape index (κ3) is 2.65. The summed E-state index contributed by atoms with van der Waals surface area (Å²) in [6.07, 6.45) is 0. The fourth-order valence-electron chi connectivity index (χ4n) is 1.82. The van der Waals surface area contributed by atoms with Crippen LogP contribution in [0.3, 0.4) is 0 Å². The third-order valence-corrected chi connectivity index (χ3v) is 3.28. The fraction of sp³-hybridized carbons (Fsp3) is 0.0714. The minimum absolute atomic E-state index is 0.228. The van der Waals surface area contributed by atoms with Crippen molar-refractivity contribution < 1.29 is 13.6 Å². The van der Waals surface area contributed by atoms with Crippen molar-refractivity contribution in [3.05, 3.63) is 58.1 Å². The SMILES string of the molecule is CN(C(=O)c1c(F)cc(Br)cc1F)c1ccccc1N. The lowest BCUT2D eigenvalue weighted by atomic mass is 10.1. The van der Waals surface area contributed by atoms with E-state index in [1.165, 1.54) is 7.05 Å². The molecular formula is C14H11BrF2N2O. The molecule has 0 radical (unpaired) electrons. The molecule has 0 aromatic heterocycles. The highest BCUT2D eigenvalue weighted by atomic mass is 79.9. The van der Waals surface area contributed by atoms with E-state index in [0.717, 1.165) is 17.0 Å². The maximum atomic E-state index is 13.8. The van der Waals surface area contributed by atoms with E-state index in [1.807, 2.05) is 0 Å². The van der Waals surface area contributed by atoms with Gasteiger partial charge in [-0.05, 0) is 24.3 Å². The minimum atomic E-state index is -0.928. The van der Waals surface area contributed by atoms with Crippen molar-refractivity contribution in [1.82, 2.24) is 0 Å². The maximum Gasteiger partial charge on any atom is 0.264 e. The van der Waals surface area contributed by atoms with Crippen LogP contribution >= 0.6 is 15.9 Å². The standard InChI is InChI=1S/C14H11BrF2N2O/c1-19(12-5-3-2-4-11(12)18)14(20)13-9(16)6-8(15)7-10(13)17/h2-7H,18H2,1H3. The van der Waals surface area contributed by atoms with Crippen LogP contribution in [0.15, 0.2) is 40.9 Å². The van der Waals surface area contributed by atoms with E-state index >= 15 is 0 Å². The molecule has 2 rings (SSSR count). The topological polar surface area (TPSA) is 46.3 Å². The summed E-state index contributed by atoms with van der Waals surface area (Å²) in [6, 6.07) is 8.67. The van der Waals surface area contributed by atoms with E-state index in [-0.39, 0.29) is 4.47 Å². The number of halogens is 3. The Bertz CT molecular complexity index is 653. The second-order valence-electron chi connectivity index (χ2n) is 4.17. The monoisotopic (exact) mass is 340 g/mol. The Morgan fingerprint density at radius 3 is 2.30 bits per heavy atom. The van der Waals surface area contributed by atoms with Crippen LogP contribution in [-0.2, 0) is 0 Å². The van der Waals surface area contributed by atoms with Gasteiger partial charge in [0.25, 0.3) is 5.91 Å². The van der Waals surface area contributed by atoms with Gasteiger partial charge < -0.3 is 10.6 Å². The Kier molecular flexibility index (Phi) is 4.04. The summed E-state index contributed by atoms with van der Waals surface area (Å²) < 4.78 is 27.8. The Morgan fingerprint density at radius 2 is 1.75 bits per heavy atom. The van der Waals surface area contributed by atoms with Gasteiger partial charge in [-0.3, -0.25) is 4.79 Å². The van der Waals surface area contributed by atoms with Crippen molar-refractivity contribution >= 4 is 33.2 Å². The van der Waals surface area contributed by atoms with Crippen molar-refractivity contribution in [2.45, 2.75) is 0 Å². The molecule has 0 atom stereocenters. The number of rotatable bonds is 2. The van der Waals surface area contributed by atoms with Crippen LogP contribution in [0.25, 0.3) is 0 Å². The zero-order chi connectivity index (χ0) is 14.9. The highest BCUT2D eigenvalue weighted by molar-refractivity contribution is 9.10. The van der Waals surface area contributed by atoms with Gasteiger partial charge >= 0.3 is 0 Å². The molecule has 0 aliphatic carbocycles. The lowest BCUT2D eigenvalue weighted by Gasteiger charge is -2.19. The smallest absolute Gasteiger partial charge is 0.264 e. The van der Waals surface area contributed by atoms with Crippen LogP contribution < -0.4 is 10.6 Å². The van der Waals surface area contributed by atoms with Crippen molar-refractivity contribution in [3.63, 3.8) is 0 Å². The molecule has 2 N–H and O–H groups in total. The van der Waals surface area contributed by atoms with Crippen LogP contribution in [0, 0.1) is 11.6 Å². The Hall–Kier alpha value is -1.95. The molecule has 104 valence electrons. The number of carbonyl (C=O) groups excluding carboxylic acids is 1. The van der Waals surface area contributed by atoms with Gasteiger partial charge in [-0.25, -0.2) is 8.78 Å². The first-order chi connectivity index (χ1) is 9.41. The first-order valence-corrected chi connectivity index (χ1v) is 6.48. The summed E-state index contributed by atoms with van der Waals surface area (Å²) in [4.78, 5) is 13.3. The molecule has 0 fully saturated rings. The number of nitrogen functional groups attached to an aromatic ring is 1. The molecule has 0 aliphatic rings. The first kappa shape index (κ1) is 14.5. The molecule has 2 aromatic carbocycles. The summed E-state index contributed by atoms with van der Waals surface area (Å²) in [5, 5.41) is 0. The average Bonchev–Trinajstić information content (AvgIpc) is 2.37. The lowest BCUT2D eigenvalue weighted by molar-refractivity contribution is 0.0985. The van der Waals surface area contributed by atoms with Gasteiger partial charge in [0.15, 0.2) is 0 Å². The number of nitrogens with two attached hydrogens (primary N) is 1. The van der Waals surface area contributed by atoms with E-state index in [4.69, 9.17) is 5.73 Å². The van der Waals surface area contributed by atoms with E-state index in [9.17, 15) is 13.6 Å². The van der Waals surface area contributed by atoms with Gasteiger partial charge in [0.2, 0.25) is 0 Å². The summed E-state index contributed by atoms with van der Waals surface area (Å²) in [6.45, 7) is 0. The van der Waals surface area contributed by atoms with E-state index in [1.54, 1.807) is 24.3 Å². The van der Waals surface area contributed by atoms with Crippen LogP contribution in [0.2, 0.25) is 0 Å². The Morgan fingerprint density at radius 1 is 1.20 bits per heavy atom. The highest BCUT2D eigenvalue weighted by Crippen LogP contribution is 2.26. The molecule has 20 heavy (non-hydrogen) atoms. The number of hydrogen-bond donors (Lipinski definition) is 1. The van der Waals surface area contributed by atoms with E-state index in [0.29, 0.717) is 11.4 Å². The molecule has 0 heterocycles. The highest BCUT2D eigenvalue weighted by Gasteiger charge is 2.23. The number of anilines is 2. The van der Waals surface area contributed by atoms with Gasteiger partial charge in [0, 0.05) is 11.5 Å². The van der Waals surface area contributed by atoms with Crippen molar-refractivity contribution in [2.24, 2.45) is 0 Å². The van der Waals surface area contributed by atoms with E-state index in [2.05, 4.69) is 15.9 Å². The fourth-order valence-corrected chi connectivity index (χ4v) is 2.22. The van der Waals surface area contributed by atoms with E-state index < -0.39 is 23.1 Å². The van der Waals surface area contributed by atoms with Crippen LogP contribution in [0.1, 0.15) is 10.4 Å². The Balaban J connectivity index is 2.45. The number of hydrogen-bond acceptors (Lipinski definition) is 2. The quantitative estimate of drug-likeness (QED) is 0.849. The van der Waals surface area contributed by atoms with Gasteiger partial charge in [0.1, 0.15) is 17.2 Å². The predicted octanol–water partition coefficient (Wildman–Crippen LogP) is 3.59. The summed E-state index contributed by atoms with van der Waals surface area (Å²) in [7, 11) is 1.41. The molecule has 3 nitrogen and oxygen atoms in total. The van der Waals surface area contributed by atoms with Gasteiger partial charge in [-0.15, -0.1) is 0 Å². The van der Waals surface area contributed by atoms with Crippen molar-refractivity contribution in [3.8, 4) is 0 Å². The molecule has 0 saturated carbocycles. The molecular weight excluding hydrogens is 330 g/mol. The molecule has 0 saturated heterocycles. The van der Waals surface area contributed by atoms with Crippen LogP contribution in [-0.4, -0.2) is 13.0 Å². The number of nitrogens with zero attached hydrogens (tertiary/aromatic N) is 1. The third-order valence-electron chi connectivity index (χ3n) is 2.82. The van der Waals surface area contributed by atoms with Gasteiger partial charge in [0.05, 0.1) is 11.4 Å². The summed E-state index contributed by atoms with van der Waals surface area (Å²) in [5.41, 5.74) is 5.87. The molecule has 0 spiro atoms. The van der Waals surface area contributed by atoms with Crippen LogP contribution in [0.5, 0.6) is 0 Å². The lowest BCUT2D eigenvalue weighted by Crippen LogP contribution is -2.28. The summed E-state index contributed by atoms with van der Waals surface area (Å²) >= 11 is 2.96. The summed E-state index contributed by atoms with van der Waals surface area (Å²) in [5.74, 6) is -2.66. The van der Waals surface area contributed by atoms with Crippen molar-refractivity contribution in [1.29, 1.82) is 0 Å². The molecule has 0 bridgehead atoms. The molecule has 0 unspecified atom stereocenters. The zero-order valence-electron chi connectivity index (χ0n) is 10.5. The molecule has 6 heteroatoms. The molecule has 0 aliphatic heterocycles. The normalized spacial score (nSPS) is 10.4. The van der Waals surface area contributed by atoms with Crippen LogP contribution in [0.4, 0.5) is 20.2 Å². The molecule has 2 aromatic rings. The number of carbonyl (C=O) groups is 1. The van der Waals surface area contributed by atoms with Crippen molar-refractivity contribution in [2.75, 3.05) is 17.7 Å². The Labute approximate surface area is 123 Å². The number of amides is 1. The average molecular weight is 341 g/mol. The molecule has 1 amide bonds. The second-order valence-corrected chi connectivity index (χ2v) is 5.08. The van der Waals surface area contributed by atoms with Gasteiger partial charge in [-0.1, -0.05) is 28.1 Å². The first-order valence-electron chi connectivity index (χ1n) is 5.69. The maximum absolute atomic E-state index is 13.8. The number of benzene rings is 2. The zero-order valence-corrected chi connectivity index (χ0v) is 12.1. The van der Waals surface area contributed by atoms with Gasteiger partial charge in [-0.2, -0.15) is 0 Å². The minimum Gasteiger partial charge on any atom is -0.397 e.